The lowest BCUT2D eigenvalue weighted by Gasteiger charge is -2.11. The van der Waals surface area contributed by atoms with Gasteiger partial charge < -0.3 is 5.11 Å². The van der Waals surface area contributed by atoms with E-state index in [0.717, 1.165) is 5.56 Å². The number of rotatable bonds is 4. The topological polar surface area (TPSA) is 79.3 Å². The zero-order chi connectivity index (χ0) is 14.0. The zero-order valence-electron chi connectivity index (χ0n) is 10.8. The third-order valence-corrected chi connectivity index (χ3v) is 4.27. The van der Waals surface area contributed by atoms with Crippen LogP contribution in [0.2, 0.25) is 0 Å². The van der Waals surface area contributed by atoms with Crippen molar-refractivity contribution >= 4 is 20.9 Å². The summed E-state index contributed by atoms with van der Waals surface area (Å²) in [4.78, 5) is 4.39. The minimum atomic E-state index is -3.65. The molecule has 6 heteroatoms. The predicted molar refractivity (Wildman–Crippen MR) is 73.3 cm³/mol. The van der Waals surface area contributed by atoms with Gasteiger partial charge in [0.15, 0.2) is 0 Å². The Hall–Kier alpha value is -1.50. The molecule has 0 spiro atoms. The van der Waals surface area contributed by atoms with Crippen LogP contribution in [0.1, 0.15) is 12.5 Å². The predicted octanol–water partition coefficient (Wildman–Crippen LogP) is 1.20. The zero-order valence-corrected chi connectivity index (χ0v) is 11.6. The summed E-state index contributed by atoms with van der Waals surface area (Å²) in [7, 11) is -3.65. The molecule has 1 aromatic heterocycles. The molecule has 2 N–H and O–H groups in total. The third-order valence-electron chi connectivity index (χ3n) is 2.79. The molecule has 0 fully saturated rings. The maximum atomic E-state index is 12.2. The largest absolute Gasteiger partial charge is 0.392 e. The van der Waals surface area contributed by atoms with E-state index >= 15 is 0 Å². The second-order valence-corrected chi connectivity index (χ2v) is 6.22. The van der Waals surface area contributed by atoms with Gasteiger partial charge in [0.2, 0.25) is 10.0 Å². The highest BCUT2D eigenvalue weighted by Crippen LogP contribution is 2.23. The van der Waals surface area contributed by atoms with E-state index < -0.39 is 16.1 Å². The third kappa shape index (κ3) is 2.91. The van der Waals surface area contributed by atoms with E-state index in [1.807, 2.05) is 6.92 Å². The highest BCUT2D eigenvalue weighted by Gasteiger charge is 2.18. The lowest BCUT2D eigenvalue weighted by atomic mass is 10.1. The lowest BCUT2D eigenvalue weighted by molar-refractivity contribution is 0.198. The Balaban J connectivity index is 2.54. The maximum Gasteiger partial charge on any atom is 0.241 e. The van der Waals surface area contributed by atoms with E-state index in [0.29, 0.717) is 10.9 Å². The first-order valence-electron chi connectivity index (χ1n) is 5.94. The Morgan fingerprint density at radius 1 is 1.37 bits per heavy atom. The smallest absolute Gasteiger partial charge is 0.241 e. The molecule has 1 aromatic carbocycles. The SMILES string of the molecule is Cc1ccc(S(=O)(=O)NC[C@H](C)O)c2cccnc12. The second-order valence-electron chi connectivity index (χ2n) is 4.48. The molecule has 1 heterocycles. The monoisotopic (exact) mass is 280 g/mol. The molecule has 102 valence electrons. The average molecular weight is 280 g/mol. The number of aromatic nitrogens is 1. The Labute approximate surface area is 112 Å². The van der Waals surface area contributed by atoms with Gasteiger partial charge in [-0.15, -0.1) is 0 Å². The molecule has 0 radical (unpaired) electrons. The fourth-order valence-electron chi connectivity index (χ4n) is 1.83. The fourth-order valence-corrected chi connectivity index (χ4v) is 3.15. The molecule has 0 aliphatic heterocycles. The normalized spacial score (nSPS) is 13.6. The Morgan fingerprint density at radius 2 is 2.11 bits per heavy atom. The van der Waals surface area contributed by atoms with Crippen molar-refractivity contribution in [3.63, 3.8) is 0 Å². The summed E-state index contributed by atoms with van der Waals surface area (Å²) in [6.45, 7) is 3.39. The van der Waals surface area contributed by atoms with Crippen LogP contribution in [-0.4, -0.2) is 31.2 Å². The molecule has 0 saturated heterocycles. The summed E-state index contributed by atoms with van der Waals surface area (Å²) in [5, 5.41) is 9.76. The van der Waals surface area contributed by atoms with Crippen LogP contribution in [0.15, 0.2) is 35.4 Å². The Morgan fingerprint density at radius 3 is 2.79 bits per heavy atom. The van der Waals surface area contributed by atoms with Crippen LogP contribution in [0, 0.1) is 6.92 Å². The van der Waals surface area contributed by atoms with Crippen LogP contribution in [0.3, 0.4) is 0 Å². The summed E-state index contributed by atoms with van der Waals surface area (Å²) < 4.78 is 26.8. The van der Waals surface area contributed by atoms with Crippen molar-refractivity contribution in [3.8, 4) is 0 Å². The van der Waals surface area contributed by atoms with Gasteiger partial charge in [-0.25, -0.2) is 13.1 Å². The molecule has 19 heavy (non-hydrogen) atoms. The van der Waals surface area contributed by atoms with Gasteiger partial charge >= 0.3 is 0 Å². The van der Waals surface area contributed by atoms with Crippen LogP contribution >= 0.6 is 0 Å². The molecular formula is C13H16N2O3S. The summed E-state index contributed by atoms with van der Waals surface area (Å²) in [6.07, 6.45) is 0.902. The number of aryl methyl sites for hydroxylation is 1. The van der Waals surface area contributed by atoms with Gasteiger partial charge in [0.25, 0.3) is 0 Å². The van der Waals surface area contributed by atoms with Crippen LogP contribution in [-0.2, 0) is 10.0 Å². The number of aliphatic hydroxyl groups excluding tert-OH is 1. The molecule has 1 atom stereocenters. The van der Waals surface area contributed by atoms with Crippen molar-refractivity contribution in [1.29, 1.82) is 0 Å². The quantitative estimate of drug-likeness (QED) is 0.882. The molecule has 0 aliphatic carbocycles. The van der Waals surface area contributed by atoms with Crippen molar-refractivity contribution in [2.45, 2.75) is 24.8 Å². The summed E-state index contributed by atoms with van der Waals surface area (Å²) in [5.41, 5.74) is 1.59. The minimum Gasteiger partial charge on any atom is -0.392 e. The van der Waals surface area contributed by atoms with E-state index in [2.05, 4.69) is 9.71 Å². The molecule has 0 unspecified atom stereocenters. The van der Waals surface area contributed by atoms with E-state index in [9.17, 15) is 13.5 Å². The van der Waals surface area contributed by atoms with Crippen molar-refractivity contribution in [3.05, 3.63) is 36.0 Å². The molecule has 2 aromatic rings. The number of nitrogens with one attached hydrogen (secondary N) is 1. The number of aliphatic hydroxyl groups is 1. The van der Waals surface area contributed by atoms with Gasteiger partial charge in [-0.3, -0.25) is 4.98 Å². The molecule has 0 aliphatic rings. The van der Waals surface area contributed by atoms with Crippen molar-refractivity contribution in [1.82, 2.24) is 9.71 Å². The Kier molecular flexibility index (Phi) is 3.84. The Bertz CT molecular complexity index is 696. The van der Waals surface area contributed by atoms with Crippen molar-refractivity contribution < 1.29 is 13.5 Å². The fraction of sp³-hybridized carbons (Fsp3) is 0.308. The average Bonchev–Trinajstić information content (AvgIpc) is 2.37. The summed E-state index contributed by atoms with van der Waals surface area (Å²) >= 11 is 0. The molecule has 0 saturated carbocycles. The molecule has 5 nitrogen and oxygen atoms in total. The minimum absolute atomic E-state index is 0.0159. The second kappa shape index (κ2) is 5.24. The molecule has 0 bridgehead atoms. The highest BCUT2D eigenvalue weighted by molar-refractivity contribution is 7.89. The van der Waals surface area contributed by atoms with Crippen LogP contribution in [0.25, 0.3) is 10.9 Å². The lowest BCUT2D eigenvalue weighted by Crippen LogP contribution is -2.30. The first kappa shape index (κ1) is 13.9. The van der Waals surface area contributed by atoms with Crippen LogP contribution < -0.4 is 4.72 Å². The molecule has 2 rings (SSSR count). The molecule has 0 amide bonds. The number of sulfonamides is 1. The van der Waals surface area contributed by atoms with E-state index in [4.69, 9.17) is 0 Å². The summed E-state index contributed by atoms with van der Waals surface area (Å²) in [6, 6.07) is 6.72. The van der Waals surface area contributed by atoms with E-state index in [-0.39, 0.29) is 11.4 Å². The standard InChI is InChI=1S/C13H16N2O3S/c1-9-5-6-12(11-4-3-7-14-13(9)11)19(17,18)15-8-10(2)16/h3-7,10,15-16H,8H2,1-2H3/t10-/m0/s1. The van der Waals surface area contributed by atoms with E-state index in [1.165, 1.54) is 6.92 Å². The van der Waals surface area contributed by atoms with Gasteiger partial charge in [0, 0.05) is 18.1 Å². The highest BCUT2D eigenvalue weighted by atomic mass is 32.2. The number of hydrogen-bond acceptors (Lipinski definition) is 4. The summed E-state index contributed by atoms with van der Waals surface area (Å²) in [5.74, 6) is 0. The number of hydrogen-bond donors (Lipinski definition) is 2. The number of nitrogens with zero attached hydrogens (tertiary/aromatic N) is 1. The number of fused-ring (bicyclic) bond motifs is 1. The number of pyridine rings is 1. The first-order valence-corrected chi connectivity index (χ1v) is 7.42. The maximum absolute atomic E-state index is 12.2. The molecular weight excluding hydrogens is 264 g/mol. The van der Waals surface area contributed by atoms with Gasteiger partial charge in [-0.2, -0.15) is 0 Å². The van der Waals surface area contributed by atoms with Crippen molar-refractivity contribution in [2.75, 3.05) is 6.54 Å². The number of benzene rings is 1. The van der Waals surface area contributed by atoms with Crippen LogP contribution in [0.5, 0.6) is 0 Å². The first-order chi connectivity index (χ1) is 8.92. The van der Waals surface area contributed by atoms with Gasteiger partial charge in [-0.1, -0.05) is 6.07 Å². The van der Waals surface area contributed by atoms with E-state index in [1.54, 1.807) is 30.5 Å². The van der Waals surface area contributed by atoms with Gasteiger partial charge in [0.05, 0.1) is 16.5 Å². The van der Waals surface area contributed by atoms with Crippen LogP contribution in [0.4, 0.5) is 0 Å². The van der Waals surface area contributed by atoms with Gasteiger partial charge in [-0.05, 0) is 37.6 Å². The van der Waals surface area contributed by atoms with Crippen molar-refractivity contribution in [2.24, 2.45) is 0 Å². The van der Waals surface area contributed by atoms with Gasteiger partial charge in [0.1, 0.15) is 0 Å².